The fourth-order valence-corrected chi connectivity index (χ4v) is 2.25. The van der Waals surface area contributed by atoms with Crippen LogP contribution in [0.1, 0.15) is 5.56 Å². The third-order valence-corrected chi connectivity index (χ3v) is 3.28. The lowest BCUT2D eigenvalue weighted by Crippen LogP contribution is -1.89. The van der Waals surface area contributed by atoms with E-state index < -0.39 is 0 Å². The summed E-state index contributed by atoms with van der Waals surface area (Å²) in [7, 11) is 0. The summed E-state index contributed by atoms with van der Waals surface area (Å²) >= 11 is 3.38. The number of anilines is 1. The van der Waals surface area contributed by atoms with Crippen molar-refractivity contribution in [2.24, 2.45) is 0 Å². The van der Waals surface area contributed by atoms with Crippen LogP contribution in [0.2, 0.25) is 0 Å². The first kappa shape index (κ1) is 11.3. The van der Waals surface area contributed by atoms with Crippen LogP contribution in [0.15, 0.2) is 45.3 Å². The van der Waals surface area contributed by atoms with Gasteiger partial charge < -0.3 is 10.2 Å². The van der Waals surface area contributed by atoms with Gasteiger partial charge in [0.1, 0.15) is 5.52 Å². The summed E-state index contributed by atoms with van der Waals surface area (Å²) in [5.74, 6) is 0.556. The Hall–Kier alpha value is -1.81. The predicted octanol–water partition coefficient (Wildman–Crippen LogP) is 4.15. The predicted molar refractivity (Wildman–Crippen MR) is 76.3 cm³/mol. The Morgan fingerprint density at radius 1 is 1.17 bits per heavy atom. The molecule has 18 heavy (non-hydrogen) atoms. The summed E-state index contributed by atoms with van der Waals surface area (Å²) in [5, 5.41) is 0. The molecule has 0 unspecified atom stereocenters. The maximum absolute atomic E-state index is 5.98. The average Bonchev–Trinajstić information content (AvgIpc) is 2.71. The second-order valence-electron chi connectivity index (χ2n) is 4.22. The molecule has 3 rings (SSSR count). The Labute approximate surface area is 113 Å². The third-order valence-electron chi connectivity index (χ3n) is 2.79. The number of nitrogen functional groups attached to an aromatic ring is 1. The zero-order valence-corrected chi connectivity index (χ0v) is 11.4. The fraction of sp³-hybridized carbons (Fsp3) is 0.0714. The van der Waals surface area contributed by atoms with Gasteiger partial charge in [-0.25, -0.2) is 4.98 Å². The van der Waals surface area contributed by atoms with Gasteiger partial charge in [-0.2, -0.15) is 0 Å². The molecular weight excluding hydrogens is 292 g/mol. The summed E-state index contributed by atoms with van der Waals surface area (Å²) in [4.78, 5) is 4.45. The minimum atomic E-state index is 0.556. The maximum Gasteiger partial charge on any atom is 0.229 e. The molecule has 0 fully saturated rings. The zero-order chi connectivity index (χ0) is 12.7. The smallest absolute Gasteiger partial charge is 0.229 e. The van der Waals surface area contributed by atoms with Gasteiger partial charge in [0.25, 0.3) is 0 Å². The first-order chi connectivity index (χ1) is 8.63. The molecule has 3 aromatic rings. The van der Waals surface area contributed by atoms with Crippen LogP contribution in [0.25, 0.3) is 22.6 Å². The largest absolute Gasteiger partial charge is 0.436 e. The van der Waals surface area contributed by atoms with E-state index in [-0.39, 0.29) is 0 Å². The molecule has 2 N–H and O–H groups in total. The summed E-state index contributed by atoms with van der Waals surface area (Å²) in [6.45, 7) is 2.02. The van der Waals surface area contributed by atoms with Crippen molar-refractivity contribution < 1.29 is 4.42 Å². The Kier molecular flexibility index (Phi) is 2.59. The molecule has 0 spiro atoms. The van der Waals surface area contributed by atoms with E-state index in [0.29, 0.717) is 11.6 Å². The van der Waals surface area contributed by atoms with E-state index in [0.717, 1.165) is 26.7 Å². The minimum absolute atomic E-state index is 0.556. The Balaban J connectivity index is 2.19. The number of rotatable bonds is 1. The summed E-state index contributed by atoms with van der Waals surface area (Å²) in [6, 6.07) is 11.6. The maximum atomic E-state index is 5.98. The van der Waals surface area contributed by atoms with Gasteiger partial charge in [0.15, 0.2) is 5.58 Å². The van der Waals surface area contributed by atoms with Crippen LogP contribution < -0.4 is 5.73 Å². The minimum Gasteiger partial charge on any atom is -0.436 e. The highest BCUT2D eigenvalue weighted by Crippen LogP contribution is 2.30. The van der Waals surface area contributed by atoms with E-state index in [1.165, 1.54) is 0 Å². The molecule has 0 aliphatic rings. The number of benzene rings is 2. The van der Waals surface area contributed by atoms with E-state index >= 15 is 0 Å². The van der Waals surface area contributed by atoms with Gasteiger partial charge >= 0.3 is 0 Å². The van der Waals surface area contributed by atoms with E-state index in [9.17, 15) is 0 Å². The highest BCUT2D eigenvalue weighted by atomic mass is 79.9. The van der Waals surface area contributed by atoms with Gasteiger partial charge in [-0.05, 0) is 42.8 Å². The van der Waals surface area contributed by atoms with Crippen LogP contribution in [-0.2, 0) is 0 Å². The highest BCUT2D eigenvalue weighted by Gasteiger charge is 2.11. The molecule has 0 saturated carbocycles. The zero-order valence-electron chi connectivity index (χ0n) is 9.77. The number of nitrogens with two attached hydrogens (primary N) is 1. The normalized spacial score (nSPS) is 11.0. The number of nitrogens with zero attached hydrogens (tertiary/aromatic N) is 1. The monoisotopic (exact) mass is 302 g/mol. The molecule has 0 radical (unpaired) electrons. The van der Waals surface area contributed by atoms with Crippen molar-refractivity contribution in [2.75, 3.05) is 5.73 Å². The van der Waals surface area contributed by atoms with Crippen molar-refractivity contribution in [1.29, 1.82) is 0 Å². The molecule has 1 heterocycles. The second-order valence-corrected chi connectivity index (χ2v) is 5.14. The molecule has 0 aliphatic carbocycles. The second kappa shape index (κ2) is 4.14. The Morgan fingerprint density at radius 3 is 2.78 bits per heavy atom. The van der Waals surface area contributed by atoms with Gasteiger partial charge in [0.05, 0.1) is 5.56 Å². The molecule has 2 aromatic carbocycles. The van der Waals surface area contributed by atoms with E-state index in [4.69, 9.17) is 10.2 Å². The summed E-state index contributed by atoms with van der Waals surface area (Å²) in [6.07, 6.45) is 0. The fourth-order valence-electron chi connectivity index (χ4n) is 1.88. The van der Waals surface area contributed by atoms with E-state index in [1.54, 1.807) is 0 Å². The lowest BCUT2D eigenvalue weighted by atomic mass is 10.2. The van der Waals surface area contributed by atoms with Crippen molar-refractivity contribution in [3.8, 4) is 11.5 Å². The van der Waals surface area contributed by atoms with Crippen LogP contribution in [0.4, 0.5) is 5.69 Å². The van der Waals surface area contributed by atoms with Crippen LogP contribution in [0.3, 0.4) is 0 Å². The van der Waals surface area contributed by atoms with Crippen molar-refractivity contribution in [3.63, 3.8) is 0 Å². The summed E-state index contributed by atoms with van der Waals surface area (Å²) in [5.41, 5.74) is 10.2. The van der Waals surface area contributed by atoms with Crippen LogP contribution in [0, 0.1) is 6.92 Å². The number of hydrogen-bond donors (Lipinski definition) is 1. The van der Waals surface area contributed by atoms with Gasteiger partial charge in [-0.15, -0.1) is 0 Å². The van der Waals surface area contributed by atoms with Gasteiger partial charge in [0.2, 0.25) is 5.89 Å². The van der Waals surface area contributed by atoms with Gasteiger partial charge in [0, 0.05) is 10.2 Å². The Morgan fingerprint density at radius 2 is 2.00 bits per heavy atom. The number of aromatic nitrogens is 1. The SMILES string of the molecule is Cc1ccc2nc(-c3ccc(Br)cc3N)oc2c1. The van der Waals surface area contributed by atoms with Crippen molar-refractivity contribution >= 4 is 32.7 Å². The first-order valence-corrected chi connectivity index (χ1v) is 6.35. The first-order valence-electron chi connectivity index (χ1n) is 5.56. The van der Waals surface area contributed by atoms with E-state index in [1.807, 2.05) is 43.3 Å². The number of hydrogen-bond acceptors (Lipinski definition) is 3. The van der Waals surface area contributed by atoms with Gasteiger partial charge in [-0.1, -0.05) is 22.0 Å². The quantitative estimate of drug-likeness (QED) is 0.687. The number of fused-ring (bicyclic) bond motifs is 1. The average molecular weight is 303 g/mol. The number of aryl methyl sites for hydroxylation is 1. The molecule has 90 valence electrons. The Bertz CT molecular complexity index is 734. The molecule has 0 bridgehead atoms. The third kappa shape index (κ3) is 1.88. The molecule has 0 aliphatic heterocycles. The van der Waals surface area contributed by atoms with E-state index in [2.05, 4.69) is 20.9 Å². The van der Waals surface area contributed by atoms with Crippen LogP contribution >= 0.6 is 15.9 Å². The highest BCUT2D eigenvalue weighted by molar-refractivity contribution is 9.10. The molecule has 4 heteroatoms. The topological polar surface area (TPSA) is 52.0 Å². The van der Waals surface area contributed by atoms with Crippen molar-refractivity contribution in [2.45, 2.75) is 6.92 Å². The lowest BCUT2D eigenvalue weighted by Gasteiger charge is -2.00. The molecular formula is C14H11BrN2O. The standard InChI is InChI=1S/C14H11BrN2O/c1-8-2-5-12-13(6-8)18-14(17-12)10-4-3-9(15)7-11(10)16/h2-7H,16H2,1H3. The van der Waals surface area contributed by atoms with Crippen LogP contribution in [0.5, 0.6) is 0 Å². The van der Waals surface area contributed by atoms with Crippen molar-refractivity contribution in [1.82, 2.24) is 4.98 Å². The molecule has 3 nitrogen and oxygen atoms in total. The lowest BCUT2D eigenvalue weighted by molar-refractivity contribution is 0.620. The number of halogens is 1. The van der Waals surface area contributed by atoms with Crippen LogP contribution in [-0.4, -0.2) is 4.98 Å². The molecule has 0 amide bonds. The number of oxazole rings is 1. The van der Waals surface area contributed by atoms with Crippen molar-refractivity contribution in [3.05, 3.63) is 46.4 Å². The molecule has 1 aromatic heterocycles. The van der Waals surface area contributed by atoms with Gasteiger partial charge in [-0.3, -0.25) is 0 Å². The summed E-state index contributed by atoms with van der Waals surface area (Å²) < 4.78 is 6.69. The molecule has 0 atom stereocenters. The molecule has 0 saturated heterocycles.